The van der Waals surface area contributed by atoms with Gasteiger partial charge in [0.15, 0.2) is 6.17 Å². The molecular weight excluding hydrogens is 273 g/mol. The number of likely N-dealkylation sites (N-methyl/N-ethyl adjacent to an activating group) is 1. The van der Waals surface area contributed by atoms with E-state index in [0.29, 0.717) is 18.8 Å². The van der Waals surface area contributed by atoms with Gasteiger partial charge in [-0.25, -0.2) is 13.8 Å². The molecule has 1 fully saturated rings. The van der Waals surface area contributed by atoms with Crippen molar-refractivity contribution >= 4 is 15.9 Å². The molecular formula is C10H19FN5O2S+. The second-order valence-electron chi connectivity index (χ2n) is 5.07. The smallest absolute Gasteiger partial charge is 0.299 e. The van der Waals surface area contributed by atoms with E-state index < -0.39 is 22.4 Å². The number of anilines is 1. The predicted molar refractivity (Wildman–Crippen MR) is 68.7 cm³/mol. The van der Waals surface area contributed by atoms with Crippen LogP contribution < -0.4 is 14.3 Å². The summed E-state index contributed by atoms with van der Waals surface area (Å²) in [4.78, 5) is 0.946. The minimum Gasteiger partial charge on any atom is -0.333 e. The molecule has 1 aromatic rings. The molecule has 7 nitrogen and oxygen atoms in total. The largest absolute Gasteiger partial charge is 0.333 e. The van der Waals surface area contributed by atoms with Crippen LogP contribution in [0.5, 0.6) is 0 Å². The maximum Gasteiger partial charge on any atom is 0.299 e. The van der Waals surface area contributed by atoms with E-state index >= 15 is 0 Å². The molecule has 19 heavy (non-hydrogen) atoms. The van der Waals surface area contributed by atoms with Crippen molar-refractivity contribution in [1.82, 2.24) is 9.78 Å². The summed E-state index contributed by atoms with van der Waals surface area (Å²) in [6, 6.07) is -0.483. The minimum atomic E-state index is -3.95. The lowest BCUT2D eigenvalue weighted by atomic mass is 10.0. The topological polar surface area (TPSA) is 85.7 Å². The van der Waals surface area contributed by atoms with E-state index in [1.165, 1.54) is 10.9 Å². The molecule has 0 spiro atoms. The van der Waals surface area contributed by atoms with E-state index in [-0.39, 0.29) is 6.42 Å². The first-order chi connectivity index (χ1) is 8.77. The molecule has 9 heteroatoms. The average Bonchev–Trinajstić information content (AvgIpc) is 2.60. The fourth-order valence-corrected chi connectivity index (χ4v) is 3.56. The van der Waals surface area contributed by atoms with Crippen molar-refractivity contribution in [3.05, 3.63) is 12.4 Å². The van der Waals surface area contributed by atoms with Gasteiger partial charge in [-0.2, -0.15) is 13.5 Å². The number of rotatable bonds is 3. The van der Waals surface area contributed by atoms with E-state index in [2.05, 4.69) is 5.10 Å². The zero-order valence-corrected chi connectivity index (χ0v) is 11.8. The highest BCUT2D eigenvalue weighted by Crippen LogP contribution is 2.22. The molecule has 2 rings (SSSR count). The Morgan fingerprint density at radius 2 is 2.26 bits per heavy atom. The van der Waals surface area contributed by atoms with Crippen LogP contribution in [0, 0.1) is 0 Å². The van der Waals surface area contributed by atoms with Crippen LogP contribution >= 0.6 is 0 Å². The van der Waals surface area contributed by atoms with E-state index in [0.717, 1.165) is 9.21 Å². The van der Waals surface area contributed by atoms with E-state index in [1.54, 1.807) is 13.2 Å². The van der Waals surface area contributed by atoms with Gasteiger partial charge in [-0.3, -0.25) is 4.68 Å². The van der Waals surface area contributed by atoms with Crippen LogP contribution in [0.3, 0.4) is 0 Å². The molecule has 0 aromatic carbocycles. The molecule has 108 valence electrons. The summed E-state index contributed by atoms with van der Waals surface area (Å²) in [5.74, 6) is 0. The Balaban J connectivity index is 2.33. The van der Waals surface area contributed by atoms with Gasteiger partial charge in [0.1, 0.15) is 6.54 Å². The van der Waals surface area contributed by atoms with Gasteiger partial charge in [0.25, 0.3) is 10.2 Å². The number of nitrogens with zero attached hydrogens (tertiary/aromatic N) is 3. The van der Waals surface area contributed by atoms with Gasteiger partial charge < -0.3 is 4.90 Å². The Bertz CT molecular complexity index is 536. The number of nitrogens with two attached hydrogens (primary N) is 1. The summed E-state index contributed by atoms with van der Waals surface area (Å²) in [6.45, 7) is 0.910. The Kier molecular flexibility index (Phi) is 3.79. The van der Waals surface area contributed by atoms with E-state index in [4.69, 9.17) is 5.14 Å². The van der Waals surface area contributed by atoms with Crippen LogP contribution in [0.2, 0.25) is 0 Å². The van der Waals surface area contributed by atoms with Gasteiger partial charge in [0.05, 0.1) is 31.5 Å². The van der Waals surface area contributed by atoms with E-state index in [9.17, 15) is 12.8 Å². The number of piperidine rings is 1. The molecule has 0 bridgehead atoms. The van der Waals surface area contributed by atoms with Crippen LogP contribution in [0.4, 0.5) is 10.1 Å². The monoisotopic (exact) mass is 292 g/mol. The molecule has 1 aliphatic heterocycles. The second-order valence-corrected chi connectivity index (χ2v) is 6.49. The molecule has 0 radical (unpaired) electrons. The number of hydrogen-bond acceptors (Lipinski definition) is 3. The molecule has 1 aliphatic rings. The summed E-state index contributed by atoms with van der Waals surface area (Å²) >= 11 is 0. The molecule has 0 aliphatic carbocycles. The lowest BCUT2D eigenvalue weighted by Crippen LogP contribution is -3.13. The highest BCUT2D eigenvalue weighted by Gasteiger charge is 2.37. The van der Waals surface area contributed by atoms with Crippen molar-refractivity contribution < 1.29 is 17.7 Å². The highest BCUT2D eigenvalue weighted by molar-refractivity contribution is 7.90. The lowest BCUT2D eigenvalue weighted by molar-refractivity contribution is -0.888. The van der Waals surface area contributed by atoms with Crippen molar-refractivity contribution in [3.8, 4) is 0 Å². The predicted octanol–water partition coefficient (Wildman–Crippen LogP) is -1.94. The fraction of sp³-hybridized carbons (Fsp3) is 0.700. The standard InChI is InChI=1S/C10H18FN5O2S/c1-14-5-8(11)3-9(6-14)16(19(12,17)18)10-4-13-15(2)7-10/h4,7-9H,3,5-6H2,1-2H3,(H2,12,17,18)/p+1/t8-,9-/m1/s1. The fourth-order valence-electron chi connectivity index (χ4n) is 2.59. The van der Waals surface area contributed by atoms with Crippen molar-refractivity contribution in [2.24, 2.45) is 12.2 Å². The van der Waals surface area contributed by atoms with Crippen LogP contribution in [-0.2, 0) is 17.3 Å². The summed E-state index contributed by atoms with van der Waals surface area (Å²) in [6.07, 6.45) is 2.10. The molecule has 3 N–H and O–H groups in total. The summed E-state index contributed by atoms with van der Waals surface area (Å²) in [7, 11) is -0.433. The SMILES string of the molecule is Cn1cc(N([C@@H]2C[C@@H](F)C[NH+](C)C2)S(N)(=O)=O)cn1. The van der Waals surface area contributed by atoms with Gasteiger partial charge in [-0.15, -0.1) is 0 Å². The Labute approximate surface area is 112 Å². The number of likely N-dealkylation sites (tertiary alicyclic amines) is 1. The van der Waals surface area contributed by atoms with E-state index in [1.807, 2.05) is 7.05 Å². The van der Waals surface area contributed by atoms with Crippen molar-refractivity contribution in [3.63, 3.8) is 0 Å². The number of alkyl halides is 1. The number of aryl methyl sites for hydroxylation is 1. The first-order valence-electron chi connectivity index (χ1n) is 6.03. The summed E-state index contributed by atoms with van der Waals surface area (Å²) < 4.78 is 39.8. The molecule has 1 unspecified atom stereocenters. The first kappa shape index (κ1) is 14.2. The van der Waals surface area contributed by atoms with Gasteiger partial charge in [0, 0.05) is 19.7 Å². The summed E-state index contributed by atoms with van der Waals surface area (Å²) in [5, 5.41) is 9.21. The van der Waals surface area contributed by atoms with Gasteiger partial charge >= 0.3 is 0 Å². The van der Waals surface area contributed by atoms with Gasteiger partial charge in [0.2, 0.25) is 0 Å². The third-order valence-electron chi connectivity index (χ3n) is 3.23. The second kappa shape index (κ2) is 5.06. The van der Waals surface area contributed by atoms with Crippen LogP contribution in [0.15, 0.2) is 12.4 Å². The van der Waals surface area contributed by atoms with Gasteiger partial charge in [-0.1, -0.05) is 0 Å². The summed E-state index contributed by atoms with van der Waals surface area (Å²) in [5.41, 5.74) is 0.372. The number of aromatic nitrogens is 2. The maximum absolute atomic E-state index is 13.6. The maximum atomic E-state index is 13.6. The van der Waals surface area contributed by atoms with Crippen molar-refractivity contribution in [2.45, 2.75) is 18.6 Å². The zero-order chi connectivity index (χ0) is 14.2. The Morgan fingerprint density at radius 1 is 1.58 bits per heavy atom. The van der Waals surface area contributed by atoms with Crippen molar-refractivity contribution in [1.29, 1.82) is 0 Å². The number of quaternary nitrogens is 1. The molecule has 1 aromatic heterocycles. The van der Waals surface area contributed by atoms with Crippen LogP contribution in [0.25, 0.3) is 0 Å². The average molecular weight is 292 g/mol. The third-order valence-corrected chi connectivity index (χ3v) is 4.29. The number of hydrogen-bond donors (Lipinski definition) is 2. The Hall–Kier alpha value is -1.19. The minimum absolute atomic E-state index is 0.155. The van der Waals surface area contributed by atoms with Crippen LogP contribution in [-0.4, -0.2) is 50.5 Å². The van der Waals surface area contributed by atoms with Gasteiger partial charge in [-0.05, 0) is 0 Å². The lowest BCUT2D eigenvalue weighted by Gasteiger charge is -2.35. The zero-order valence-electron chi connectivity index (χ0n) is 11.0. The number of nitrogens with one attached hydrogen (secondary N) is 1. The molecule has 3 atom stereocenters. The number of halogens is 1. The van der Waals surface area contributed by atoms with Crippen molar-refractivity contribution in [2.75, 3.05) is 24.4 Å². The Morgan fingerprint density at radius 3 is 2.74 bits per heavy atom. The molecule has 1 saturated heterocycles. The third kappa shape index (κ3) is 3.23. The normalized spacial score (nSPS) is 28.3. The highest BCUT2D eigenvalue weighted by atomic mass is 32.2. The van der Waals surface area contributed by atoms with Crippen LogP contribution in [0.1, 0.15) is 6.42 Å². The first-order valence-corrected chi connectivity index (χ1v) is 7.54. The quantitative estimate of drug-likeness (QED) is 0.679. The molecule has 0 amide bonds. The molecule has 0 saturated carbocycles. The molecule has 2 heterocycles.